The molecule has 2 aromatic rings. The summed E-state index contributed by atoms with van der Waals surface area (Å²) in [5.41, 5.74) is 0.0118. The van der Waals surface area contributed by atoms with Crippen molar-refractivity contribution in [2.24, 2.45) is 0 Å². The van der Waals surface area contributed by atoms with Crippen molar-refractivity contribution < 1.29 is 22.7 Å². The van der Waals surface area contributed by atoms with Crippen LogP contribution in [0.5, 0.6) is 0 Å². The number of nitrogens with zero attached hydrogens (tertiary/aromatic N) is 3. The third-order valence-corrected chi connectivity index (χ3v) is 3.94. The van der Waals surface area contributed by atoms with Gasteiger partial charge in [0.25, 0.3) is 5.91 Å². The van der Waals surface area contributed by atoms with Crippen LogP contribution in [0.25, 0.3) is 5.82 Å². The first-order chi connectivity index (χ1) is 12.8. The topological polar surface area (TPSA) is 69.0 Å². The van der Waals surface area contributed by atoms with Crippen molar-refractivity contribution in [1.82, 2.24) is 20.1 Å². The predicted molar refractivity (Wildman–Crippen MR) is 93.8 cm³/mol. The Bertz CT molecular complexity index is 742. The molecule has 0 aliphatic heterocycles. The van der Waals surface area contributed by atoms with Gasteiger partial charge in [0, 0.05) is 26.0 Å². The minimum absolute atomic E-state index is 0.212. The standard InChI is InChI=1S/C18H23F3N4O2/c1-3-4-9-27-10-5-8-22-17(26)15-12-24-25(13(15)2)16-7-6-14(11-23-16)18(19,20)21/h6-7,11-12H,3-5,8-10H2,1-2H3,(H,22,26). The van der Waals surface area contributed by atoms with Gasteiger partial charge in [0.15, 0.2) is 5.82 Å². The normalized spacial score (nSPS) is 11.6. The highest BCUT2D eigenvalue weighted by Gasteiger charge is 2.30. The Labute approximate surface area is 155 Å². The Kier molecular flexibility index (Phi) is 7.35. The number of unbranched alkanes of at least 4 members (excludes halogenated alkanes) is 1. The smallest absolute Gasteiger partial charge is 0.381 e. The van der Waals surface area contributed by atoms with E-state index in [9.17, 15) is 18.0 Å². The van der Waals surface area contributed by atoms with E-state index >= 15 is 0 Å². The number of aromatic nitrogens is 3. The van der Waals surface area contributed by atoms with E-state index in [1.165, 1.54) is 16.9 Å². The van der Waals surface area contributed by atoms with Gasteiger partial charge in [-0.15, -0.1) is 0 Å². The van der Waals surface area contributed by atoms with Gasteiger partial charge in [-0.05, 0) is 31.9 Å². The Balaban J connectivity index is 1.93. The minimum atomic E-state index is -4.45. The summed E-state index contributed by atoms with van der Waals surface area (Å²) in [6.45, 7) is 5.51. The molecule has 1 N–H and O–H groups in total. The van der Waals surface area contributed by atoms with Gasteiger partial charge < -0.3 is 10.1 Å². The van der Waals surface area contributed by atoms with Crippen LogP contribution >= 0.6 is 0 Å². The maximum atomic E-state index is 12.6. The molecule has 2 aromatic heterocycles. The second-order valence-electron chi connectivity index (χ2n) is 6.03. The van der Waals surface area contributed by atoms with Crippen molar-refractivity contribution in [3.63, 3.8) is 0 Å². The molecule has 2 rings (SSSR count). The van der Waals surface area contributed by atoms with Crippen LogP contribution in [0.1, 0.15) is 47.8 Å². The van der Waals surface area contributed by atoms with Crippen LogP contribution in [0.2, 0.25) is 0 Å². The quantitative estimate of drug-likeness (QED) is 0.672. The highest BCUT2D eigenvalue weighted by atomic mass is 19.4. The second kappa shape index (κ2) is 9.50. The van der Waals surface area contributed by atoms with E-state index in [2.05, 4.69) is 22.3 Å². The van der Waals surface area contributed by atoms with Gasteiger partial charge in [0.2, 0.25) is 0 Å². The molecule has 0 saturated heterocycles. The molecular formula is C18H23F3N4O2. The van der Waals surface area contributed by atoms with Gasteiger partial charge in [0.05, 0.1) is 23.0 Å². The summed E-state index contributed by atoms with van der Waals surface area (Å²) in [5.74, 6) is -0.0805. The second-order valence-corrected chi connectivity index (χ2v) is 6.03. The molecule has 0 fully saturated rings. The fourth-order valence-electron chi connectivity index (χ4n) is 2.36. The van der Waals surface area contributed by atoms with E-state index in [0.717, 1.165) is 31.7 Å². The largest absolute Gasteiger partial charge is 0.417 e. The lowest BCUT2D eigenvalue weighted by Gasteiger charge is -2.08. The summed E-state index contributed by atoms with van der Waals surface area (Å²) >= 11 is 0. The number of ether oxygens (including phenoxy) is 1. The Morgan fingerprint density at radius 3 is 2.59 bits per heavy atom. The van der Waals surface area contributed by atoms with E-state index in [-0.39, 0.29) is 11.7 Å². The zero-order chi connectivity index (χ0) is 19.9. The maximum Gasteiger partial charge on any atom is 0.417 e. The number of hydrogen-bond donors (Lipinski definition) is 1. The molecule has 0 aliphatic rings. The van der Waals surface area contributed by atoms with Gasteiger partial charge >= 0.3 is 6.18 Å². The summed E-state index contributed by atoms with van der Waals surface area (Å²) in [4.78, 5) is 16.0. The van der Waals surface area contributed by atoms with Crippen LogP contribution in [-0.4, -0.2) is 40.4 Å². The number of rotatable bonds is 9. The van der Waals surface area contributed by atoms with Crippen LogP contribution in [0.4, 0.5) is 13.2 Å². The average molecular weight is 384 g/mol. The van der Waals surface area contributed by atoms with Gasteiger partial charge in [-0.2, -0.15) is 18.3 Å². The molecule has 1 amide bonds. The van der Waals surface area contributed by atoms with Crippen molar-refractivity contribution >= 4 is 5.91 Å². The number of alkyl halides is 3. The Morgan fingerprint density at radius 1 is 1.22 bits per heavy atom. The Hall–Kier alpha value is -2.42. The summed E-state index contributed by atoms with van der Waals surface area (Å²) in [7, 11) is 0. The minimum Gasteiger partial charge on any atom is -0.381 e. The SMILES string of the molecule is CCCCOCCCNC(=O)c1cnn(-c2ccc(C(F)(F)F)cn2)c1C. The molecule has 0 radical (unpaired) electrons. The van der Waals surface area contributed by atoms with Crippen LogP contribution in [0.15, 0.2) is 24.5 Å². The lowest BCUT2D eigenvalue weighted by atomic mass is 10.2. The molecule has 0 bridgehead atoms. The van der Waals surface area contributed by atoms with Crippen molar-refractivity contribution in [1.29, 1.82) is 0 Å². The van der Waals surface area contributed by atoms with Gasteiger partial charge in [-0.3, -0.25) is 4.79 Å². The molecule has 6 nitrogen and oxygen atoms in total. The molecule has 0 atom stereocenters. The number of carbonyl (C=O) groups excluding carboxylic acids is 1. The summed E-state index contributed by atoms with van der Waals surface area (Å²) < 4.78 is 44.6. The molecule has 9 heteroatoms. The molecule has 0 unspecified atom stereocenters. The number of amides is 1. The molecule has 0 aromatic carbocycles. The predicted octanol–water partition coefficient (Wildman–Crippen LogP) is 3.53. The van der Waals surface area contributed by atoms with E-state index in [1.54, 1.807) is 6.92 Å². The lowest BCUT2D eigenvalue weighted by molar-refractivity contribution is -0.137. The molecule has 27 heavy (non-hydrogen) atoms. The lowest BCUT2D eigenvalue weighted by Crippen LogP contribution is -2.25. The summed E-state index contributed by atoms with van der Waals surface area (Å²) in [6.07, 6.45) is 0.464. The first kappa shape index (κ1) is 20.9. The van der Waals surface area contributed by atoms with Crippen molar-refractivity contribution in [3.05, 3.63) is 41.3 Å². The molecule has 0 spiro atoms. The van der Waals surface area contributed by atoms with Gasteiger partial charge in [0.1, 0.15) is 0 Å². The van der Waals surface area contributed by atoms with E-state index < -0.39 is 11.7 Å². The summed E-state index contributed by atoms with van der Waals surface area (Å²) in [5, 5.41) is 6.85. The number of carbonyl (C=O) groups is 1. The third-order valence-electron chi connectivity index (χ3n) is 3.94. The van der Waals surface area contributed by atoms with E-state index in [0.29, 0.717) is 30.8 Å². The number of nitrogens with one attached hydrogen (secondary N) is 1. The maximum absolute atomic E-state index is 12.6. The van der Waals surface area contributed by atoms with E-state index in [1.807, 2.05) is 0 Å². The van der Waals surface area contributed by atoms with Gasteiger partial charge in [-0.1, -0.05) is 13.3 Å². The highest BCUT2D eigenvalue weighted by molar-refractivity contribution is 5.95. The molecule has 0 aliphatic carbocycles. The van der Waals surface area contributed by atoms with Crippen molar-refractivity contribution in [2.45, 2.75) is 39.3 Å². The molecule has 148 valence electrons. The van der Waals surface area contributed by atoms with Crippen LogP contribution < -0.4 is 5.32 Å². The zero-order valence-electron chi connectivity index (χ0n) is 15.3. The summed E-state index contributed by atoms with van der Waals surface area (Å²) in [6, 6.07) is 2.15. The number of halogens is 3. The molecular weight excluding hydrogens is 361 g/mol. The molecule has 2 heterocycles. The van der Waals surface area contributed by atoms with Crippen molar-refractivity contribution in [2.75, 3.05) is 19.8 Å². The first-order valence-corrected chi connectivity index (χ1v) is 8.78. The van der Waals surface area contributed by atoms with Gasteiger partial charge in [-0.25, -0.2) is 9.67 Å². The molecule has 0 saturated carbocycles. The van der Waals surface area contributed by atoms with E-state index in [4.69, 9.17) is 4.74 Å². The van der Waals surface area contributed by atoms with Crippen LogP contribution in [0.3, 0.4) is 0 Å². The third kappa shape index (κ3) is 5.78. The average Bonchev–Trinajstić information content (AvgIpc) is 3.01. The first-order valence-electron chi connectivity index (χ1n) is 8.78. The van der Waals surface area contributed by atoms with Crippen LogP contribution in [0, 0.1) is 6.92 Å². The number of pyridine rings is 1. The van der Waals surface area contributed by atoms with Crippen LogP contribution in [-0.2, 0) is 10.9 Å². The zero-order valence-corrected chi connectivity index (χ0v) is 15.3. The van der Waals surface area contributed by atoms with Crippen molar-refractivity contribution in [3.8, 4) is 5.82 Å². The Morgan fingerprint density at radius 2 is 1.96 bits per heavy atom. The fourth-order valence-corrected chi connectivity index (χ4v) is 2.36. The fraction of sp³-hybridized carbons (Fsp3) is 0.500. The highest BCUT2D eigenvalue weighted by Crippen LogP contribution is 2.28. The monoisotopic (exact) mass is 384 g/mol. The number of hydrogen-bond acceptors (Lipinski definition) is 4.